The maximum Gasteiger partial charge on any atom is 0.573 e. The first kappa shape index (κ1) is 22.0. The fraction of sp³-hybridized carbons (Fsp3) is 0.481. The van der Waals surface area contributed by atoms with E-state index in [0.717, 1.165) is 23.5 Å². The van der Waals surface area contributed by atoms with Crippen LogP contribution < -0.4 is 4.74 Å². The van der Waals surface area contributed by atoms with Gasteiger partial charge in [-0.15, -0.1) is 13.2 Å². The van der Waals surface area contributed by atoms with Crippen molar-refractivity contribution in [3.8, 4) is 5.75 Å². The van der Waals surface area contributed by atoms with Crippen molar-refractivity contribution in [3.63, 3.8) is 0 Å². The second-order valence-electron chi connectivity index (χ2n) is 9.07. The van der Waals surface area contributed by atoms with E-state index < -0.39 is 6.36 Å². The van der Waals surface area contributed by atoms with Crippen LogP contribution in [-0.2, 0) is 12.8 Å². The van der Waals surface area contributed by atoms with Crippen molar-refractivity contribution in [3.05, 3.63) is 70.8 Å². The molecular weight excluding hydrogens is 397 g/mol. The molecule has 1 nitrogen and oxygen atoms in total. The van der Waals surface area contributed by atoms with E-state index in [9.17, 15) is 13.2 Å². The number of hydrogen-bond acceptors (Lipinski definition) is 1. The average molecular weight is 429 g/mol. The Kier molecular flexibility index (Phi) is 6.74. The van der Waals surface area contributed by atoms with Gasteiger partial charge in [0.05, 0.1) is 0 Å². The smallest absolute Gasteiger partial charge is 0.406 e. The van der Waals surface area contributed by atoms with Gasteiger partial charge in [-0.2, -0.15) is 0 Å². The molecule has 2 aliphatic carbocycles. The maximum absolute atomic E-state index is 12.5. The third-order valence-electron chi connectivity index (χ3n) is 6.93. The normalized spacial score (nSPS) is 21.4. The quantitative estimate of drug-likeness (QED) is 0.450. The first-order valence-electron chi connectivity index (χ1n) is 11.6. The molecule has 0 atom stereocenters. The molecule has 2 aromatic carbocycles. The highest BCUT2D eigenvalue weighted by Crippen LogP contribution is 2.38. The van der Waals surface area contributed by atoms with Gasteiger partial charge in [0.2, 0.25) is 0 Å². The van der Waals surface area contributed by atoms with Crippen molar-refractivity contribution in [2.75, 3.05) is 0 Å². The van der Waals surface area contributed by atoms with Crippen LogP contribution >= 0.6 is 0 Å². The SMILES string of the molecule is CCCCC1CCC(c2ccc(C3=CCc4cc(OC(F)(F)F)ccc4C3)cc2)CC1. The molecule has 0 N–H and O–H groups in total. The Morgan fingerprint density at radius 3 is 2.35 bits per heavy atom. The molecule has 0 aliphatic heterocycles. The van der Waals surface area contributed by atoms with Gasteiger partial charge in [-0.25, -0.2) is 0 Å². The average Bonchev–Trinajstić information content (AvgIpc) is 2.77. The molecule has 0 aromatic heterocycles. The van der Waals surface area contributed by atoms with Crippen LogP contribution in [0, 0.1) is 5.92 Å². The minimum Gasteiger partial charge on any atom is -0.406 e. The van der Waals surface area contributed by atoms with E-state index >= 15 is 0 Å². The predicted octanol–water partition coefficient (Wildman–Crippen LogP) is 8.23. The second kappa shape index (κ2) is 9.50. The Labute approximate surface area is 183 Å². The Morgan fingerprint density at radius 2 is 1.68 bits per heavy atom. The molecule has 1 fully saturated rings. The van der Waals surface area contributed by atoms with Gasteiger partial charge in [-0.3, -0.25) is 0 Å². The van der Waals surface area contributed by atoms with Crippen molar-refractivity contribution in [2.24, 2.45) is 5.92 Å². The van der Waals surface area contributed by atoms with Crippen LogP contribution in [0.2, 0.25) is 0 Å². The third-order valence-corrected chi connectivity index (χ3v) is 6.93. The van der Waals surface area contributed by atoms with Crippen molar-refractivity contribution in [1.82, 2.24) is 0 Å². The lowest BCUT2D eigenvalue weighted by atomic mass is 9.77. The molecule has 0 radical (unpaired) electrons. The minimum absolute atomic E-state index is 0.142. The summed E-state index contributed by atoms with van der Waals surface area (Å²) in [6.45, 7) is 2.27. The first-order valence-corrected chi connectivity index (χ1v) is 11.6. The number of fused-ring (bicyclic) bond motifs is 1. The molecule has 2 aliphatic rings. The molecule has 1 saturated carbocycles. The van der Waals surface area contributed by atoms with E-state index in [2.05, 4.69) is 42.0 Å². The summed E-state index contributed by atoms with van der Waals surface area (Å²) < 4.78 is 41.4. The molecular formula is C27H31F3O. The van der Waals surface area contributed by atoms with Crippen LogP contribution in [0.25, 0.3) is 5.57 Å². The van der Waals surface area contributed by atoms with E-state index in [1.54, 1.807) is 6.07 Å². The molecule has 166 valence electrons. The van der Waals surface area contributed by atoms with Crippen molar-refractivity contribution >= 4 is 5.57 Å². The van der Waals surface area contributed by atoms with Gasteiger partial charge in [0.1, 0.15) is 5.75 Å². The Bertz CT molecular complexity index is 903. The van der Waals surface area contributed by atoms with Crippen LogP contribution in [0.5, 0.6) is 5.75 Å². The molecule has 0 saturated heterocycles. The van der Waals surface area contributed by atoms with Gasteiger partial charge in [-0.1, -0.05) is 62.6 Å². The van der Waals surface area contributed by atoms with Gasteiger partial charge in [0.25, 0.3) is 0 Å². The van der Waals surface area contributed by atoms with Crippen molar-refractivity contribution in [2.45, 2.75) is 77.0 Å². The first-order chi connectivity index (χ1) is 14.9. The highest BCUT2D eigenvalue weighted by molar-refractivity contribution is 5.71. The number of benzene rings is 2. The predicted molar refractivity (Wildman–Crippen MR) is 119 cm³/mol. The van der Waals surface area contributed by atoms with E-state index in [4.69, 9.17) is 0 Å². The van der Waals surface area contributed by atoms with E-state index in [1.165, 1.54) is 73.8 Å². The largest absolute Gasteiger partial charge is 0.573 e. The number of halogens is 3. The summed E-state index contributed by atoms with van der Waals surface area (Å²) in [6, 6.07) is 13.7. The van der Waals surface area contributed by atoms with Crippen molar-refractivity contribution < 1.29 is 17.9 Å². The Balaban J connectivity index is 1.37. The molecule has 31 heavy (non-hydrogen) atoms. The van der Waals surface area contributed by atoms with Gasteiger partial charge in [0, 0.05) is 0 Å². The standard InChI is InChI=1S/C27H31F3O/c1-2-3-4-19-5-7-20(8-6-19)21-9-11-22(12-10-21)23-13-14-25-18-26(31-27(28,29)30)16-15-24(25)17-23/h9-13,15-16,18-20H,2-8,14,17H2,1H3. The molecule has 0 bridgehead atoms. The molecule has 0 heterocycles. The second-order valence-corrected chi connectivity index (χ2v) is 9.07. The monoisotopic (exact) mass is 428 g/mol. The van der Waals surface area contributed by atoms with Crippen LogP contribution in [0.15, 0.2) is 48.5 Å². The van der Waals surface area contributed by atoms with Crippen LogP contribution in [0.1, 0.15) is 80.0 Å². The summed E-state index contributed by atoms with van der Waals surface area (Å²) in [6.07, 6.45) is 8.20. The number of alkyl halides is 3. The number of unbranched alkanes of at least 4 members (excludes halogenated alkanes) is 1. The lowest BCUT2D eigenvalue weighted by molar-refractivity contribution is -0.274. The maximum atomic E-state index is 12.5. The van der Waals surface area contributed by atoms with Crippen LogP contribution in [-0.4, -0.2) is 6.36 Å². The molecule has 2 aromatic rings. The Hall–Kier alpha value is -2.23. The number of ether oxygens (including phenoxy) is 1. The Morgan fingerprint density at radius 1 is 0.935 bits per heavy atom. The highest BCUT2D eigenvalue weighted by atomic mass is 19.4. The zero-order valence-corrected chi connectivity index (χ0v) is 18.2. The summed E-state index contributed by atoms with van der Waals surface area (Å²) in [4.78, 5) is 0. The zero-order chi connectivity index (χ0) is 21.8. The number of rotatable bonds is 6. The summed E-state index contributed by atoms with van der Waals surface area (Å²) in [5.41, 5.74) is 5.88. The number of allylic oxidation sites excluding steroid dienone is 2. The lowest BCUT2D eigenvalue weighted by Crippen LogP contribution is -2.17. The molecule has 0 spiro atoms. The van der Waals surface area contributed by atoms with E-state index in [0.29, 0.717) is 12.3 Å². The number of hydrogen-bond donors (Lipinski definition) is 0. The lowest BCUT2D eigenvalue weighted by Gasteiger charge is -2.29. The fourth-order valence-corrected chi connectivity index (χ4v) is 5.14. The molecule has 0 amide bonds. The van der Waals surface area contributed by atoms with Gasteiger partial charge < -0.3 is 4.74 Å². The van der Waals surface area contributed by atoms with Crippen molar-refractivity contribution in [1.29, 1.82) is 0 Å². The summed E-state index contributed by atoms with van der Waals surface area (Å²) >= 11 is 0. The van der Waals surface area contributed by atoms with E-state index in [-0.39, 0.29) is 5.75 Å². The molecule has 4 rings (SSSR count). The van der Waals surface area contributed by atoms with E-state index in [1.807, 2.05) is 0 Å². The molecule has 0 unspecified atom stereocenters. The third kappa shape index (κ3) is 5.72. The highest BCUT2D eigenvalue weighted by Gasteiger charge is 2.31. The zero-order valence-electron chi connectivity index (χ0n) is 18.2. The summed E-state index contributed by atoms with van der Waals surface area (Å²) in [7, 11) is 0. The van der Waals surface area contributed by atoms with Gasteiger partial charge in [0.15, 0.2) is 0 Å². The van der Waals surface area contributed by atoms with Crippen LogP contribution in [0.3, 0.4) is 0 Å². The summed E-state index contributed by atoms with van der Waals surface area (Å²) in [5.74, 6) is 1.46. The fourth-order valence-electron chi connectivity index (χ4n) is 5.14. The summed E-state index contributed by atoms with van der Waals surface area (Å²) in [5, 5.41) is 0. The molecule has 4 heteroatoms. The van der Waals surface area contributed by atoms with Gasteiger partial charge >= 0.3 is 6.36 Å². The minimum atomic E-state index is -4.65. The topological polar surface area (TPSA) is 9.23 Å². The van der Waals surface area contributed by atoms with Gasteiger partial charge in [-0.05, 0) is 90.3 Å². The van der Waals surface area contributed by atoms with Crippen LogP contribution in [0.4, 0.5) is 13.2 Å².